The van der Waals surface area contributed by atoms with Crippen LogP contribution in [0.5, 0.6) is 0 Å². The van der Waals surface area contributed by atoms with Gasteiger partial charge in [0.2, 0.25) is 0 Å². The molecular formula is C31H68NO7Si+. The van der Waals surface area contributed by atoms with Crippen LogP contribution in [-0.4, -0.2) is 106 Å². The summed E-state index contributed by atoms with van der Waals surface area (Å²) in [5, 5.41) is 17.9. The van der Waals surface area contributed by atoms with Gasteiger partial charge < -0.3 is 38.2 Å². The summed E-state index contributed by atoms with van der Waals surface area (Å²) in [6.07, 6.45) is 22.9. The minimum atomic E-state index is -3.69. The molecule has 0 fully saturated rings. The average Bonchev–Trinajstić information content (AvgIpc) is 2.90. The van der Waals surface area contributed by atoms with Gasteiger partial charge in [0.15, 0.2) is 0 Å². The number of hydrogen-bond acceptors (Lipinski definition) is 7. The van der Waals surface area contributed by atoms with E-state index in [1.54, 1.807) is 0 Å². The molecule has 0 spiro atoms. The fraction of sp³-hybridized carbons (Fsp3) is 1.00. The van der Waals surface area contributed by atoms with Crippen LogP contribution in [0, 0.1) is 0 Å². The van der Waals surface area contributed by atoms with Gasteiger partial charge in [-0.25, -0.2) is 0 Å². The highest BCUT2D eigenvalue weighted by molar-refractivity contribution is 6.57. The molecule has 0 heterocycles. The first-order valence-electron chi connectivity index (χ1n) is 16.6. The second-order valence-electron chi connectivity index (χ2n) is 12.2. The fourth-order valence-corrected chi connectivity index (χ4v) is 6.24. The molecule has 0 aromatic carbocycles. The molecule has 0 aliphatic heterocycles. The van der Waals surface area contributed by atoms with Crippen molar-refractivity contribution in [1.29, 1.82) is 0 Å². The lowest BCUT2D eigenvalue weighted by Crippen LogP contribution is -2.44. The molecule has 0 aromatic heterocycles. The second kappa shape index (κ2) is 27.7. The molecule has 0 bridgehead atoms. The van der Waals surface area contributed by atoms with Crippen molar-refractivity contribution in [1.82, 2.24) is 0 Å². The van der Waals surface area contributed by atoms with Gasteiger partial charge in [0.05, 0.1) is 66.3 Å². The first-order chi connectivity index (χ1) is 19.3. The van der Waals surface area contributed by atoms with Gasteiger partial charge in [0, 0.05) is 19.1 Å². The van der Waals surface area contributed by atoms with E-state index in [4.69, 9.17) is 24.1 Å². The van der Waals surface area contributed by atoms with Crippen molar-refractivity contribution in [3.05, 3.63) is 0 Å². The van der Waals surface area contributed by atoms with Gasteiger partial charge in [-0.1, -0.05) is 96.8 Å². The number of quaternary nitrogens is 1. The zero-order valence-corrected chi connectivity index (χ0v) is 27.6. The maximum atomic E-state index is 10.3. The Balaban J connectivity index is 3.66. The van der Waals surface area contributed by atoms with E-state index in [1.807, 2.05) is 0 Å². The molecule has 9 heteroatoms. The van der Waals surface area contributed by atoms with E-state index in [0.29, 0.717) is 12.5 Å². The van der Waals surface area contributed by atoms with Crippen LogP contribution in [0.15, 0.2) is 0 Å². The van der Waals surface area contributed by atoms with Crippen LogP contribution in [0.4, 0.5) is 0 Å². The largest absolute Gasteiger partial charge is 0.495 e. The first-order valence-corrected chi connectivity index (χ1v) is 18.6. The van der Waals surface area contributed by atoms with Crippen LogP contribution in [0.3, 0.4) is 0 Å². The van der Waals surface area contributed by atoms with Crippen LogP contribution in [0.1, 0.15) is 122 Å². The van der Waals surface area contributed by atoms with Gasteiger partial charge in [-0.05, 0) is 19.3 Å². The lowest BCUT2D eigenvalue weighted by molar-refractivity contribution is -0.890. The number of unbranched alkanes of at least 4 members (excludes halogenated alkanes) is 15. The Morgan fingerprint density at radius 3 is 1.62 bits per heavy atom. The van der Waals surface area contributed by atoms with Crippen molar-refractivity contribution in [3.8, 4) is 0 Å². The van der Waals surface area contributed by atoms with E-state index in [0.717, 1.165) is 24.0 Å². The first kappa shape index (κ1) is 39.9. The summed E-state index contributed by atoms with van der Waals surface area (Å²) in [6, 6.07) is 0.292. The molecule has 0 aliphatic carbocycles. The second-order valence-corrected chi connectivity index (χ2v) is 14.5. The number of hydrogen-bond donors (Lipinski definition) is 4. The Kier molecular flexibility index (Phi) is 27.6. The van der Waals surface area contributed by atoms with E-state index in [-0.39, 0.29) is 45.7 Å². The number of aliphatic hydroxyl groups excluding tert-OH is 2. The summed E-state index contributed by atoms with van der Waals surface area (Å²) in [5.41, 5.74) is 0. The third-order valence-corrected chi connectivity index (χ3v) is 9.31. The van der Waals surface area contributed by atoms with Crippen molar-refractivity contribution >= 4 is 8.80 Å². The van der Waals surface area contributed by atoms with Gasteiger partial charge in [-0.15, -0.1) is 0 Å². The fourth-order valence-electron chi connectivity index (χ4n) is 5.07. The molecule has 1 atom stereocenters. The quantitative estimate of drug-likeness (QED) is 0.0467. The van der Waals surface area contributed by atoms with Crippen LogP contribution in [0.25, 0.3) is 0 Å². The monoisotopic (exact) mass is 594 g/mol. The maximum absolute atomic E-state index is 10.3. The molecule has 0 radical (unpaired) electrons. The number of rotatable bonds is 32. The van der Waals surface area contributed by atoms with E-state index >= 15 is 0 Å². The molecule has 1 unspecified atom stereocenters. The van der Waals surface area contributed by atoms with Gasteiger partial charge in [-0.2, -0.15) is 0 Å². The standard InChI is InChI=1S/C31H68NO7Si/c1-4-5-6-7-8-9-10-11-12-13-14-15-16-17-18-19-22-32(2,3)23-20-29-40(35,36)39-28-27-37-30-31(21-24-33)38-26-25-34/h31,33-36H,4-30H2,1-3H3/q+1. The van der Waals surface area contributed by atoms with E-state index < -0.39 is 8.80 Å². The molecule has 0 rings (SSSR count). The molecule has 0 aliphatic rings. The van der Waals surface area contributed by atoms with E-state index in [2.05, 4.69) is 21.0 Å². The van der Waals surface area contributed by atoms with Crippen LogP contribution >= 0.6 is 0 Å². The van der Waals surface area contributed by atoms with Crippen LogP contribution in [-0.2, 0) is 13.9 Å². The van der Waals surface area contributed by atoms with Crippen molar-refractivity contribution in [2.75, 3.05) is 66.8 Å². The predicted octanol–water partition coefficient (Wildman–Crippen LogP) is 5.43. The van der Waals surface area contributed by atoms with Gasteiger partial charge >= 0.3 is 8.80 Å². The smallest absolute Gasteiger partial charge is 0.396 e. The Morgan fingerprint density at radius 1 is 0.625 bits per heavy atom. The van der Waals surface area contributed by atoms with Crippen molar-refractivity contribution in [2.45, 2.75) is 135 Å². The summed E-state index contributed by atoms with van der Waals surface area (Å²) in [4.78, 5) is 20.5. The molecule has 8 nitrogen and oxygen atoms in total. The highest BCUT2D eigenvalue weighted by atomic mass is 28.4. The van der Waals surface area contributed by atoms with E-state index in [1.165, 1.54) is 103 Å². The molecule has 0 aromatic rings. The lowest BCUT2D eigenvalue weighted by Gasteiger charge is -2.30. The Morgan fingerprint density at radius 2 is 1.12 bits per heavy atom. The number of aliphatic hydroxyl groups is 2. The van der Waals surface area contributed by atoms with Crippen molar-refractivity contribution in [2.24, 2.45) is 0 Å². The highest BCUT2D eigenvalue weighted by Crippen LogP contribution is 2.15. The maximum Gasteiger partial charge on any atom is 0.495 e. The third kappa shape index (κ3) is 28.0. The average molecular weight is 595 g/mol. The van der Waals surface area contributed by atoms with Gasteiger partial charge in [-0.3, -0.25) is 0 Å². The lowest BCUT2D eigenvalue weighted by atomic mass is 10.0. The SMILES string of the molecule is CCCCCCCCCCCCCCCCCC[N+](C)(C)CCC[Si](O)(O)OCCOCC(CCO)OCCO. The highest BCUT2D eigenvalue weighted by Gasteiger charge is 2.32. The third-order valence-electron chi connectivity index (χ3n) is 7.64. The van der Waals surface area contributed by atoms with Crippen molar-refractivity contribution < 1.29 is 38.2 Å². The Bertz CT molecular complexity index is 526. The summed E-state index contributed by atoms with van der Waals surface area (Å²) in [5.74, 6) is 0. The van der Waals surface area contributed by atoms with Gasteiger partial charge in [0.25, 0.3) is 0 Å². The molecule has 4 N–H and O–H groups in total. The molecule has 0 saturated carbocycles. The Labute approximate surface area is 248 Å². The van der Waals surface area contributed by atoms with E-state index in [9.17, 15) is 9.59 Å². The van der Waals surface area contributed by atoms with Crippen molar-refractivity contribution in [3.63, 3.8) is 0 Å². The summed E-state index contributed by atoms with van der Waals surface area (Å²) in [6.45, 7) is 5.00. The minimum Gasteiger partial charge on any atom is -0.396 e. The van der Waals surface area contributed by atoms with Gasteiger partial charge in [0.1, 0.15) is 0 Å². The van der Waals surface area contributed by atoms with Crippen LogP contribution < -0.4 is 0 Å². The predicted molar refractivity (Wildman–Crippen MR) is 166 cm³/mol. The zero-order chi connectivity index (χ0) is 29.8. The molecule has 242 valence electrons. The molecule has 0 amide bonds. The normalized spacial score (nSPS) is 13.3. The molecular weight excluding hydrogens is 526 g/mol. The Hall–Kier alpha value is -0.103. The molecule has 40 heavy (non-hydrogen) atoms. The number of nitrogens with zero attached hydrogens (tertiary/aromatic N) is 1. The topological polar surface area (TPSA) is 109 Å². The zero-order valence-electron chi connectivity index (χ0n) is 26.6. The summed E-state index contributed by atoms with van der Waals surface area (Å²) < 4.78 is 17.1. The summed E-state index contributed by atoms with van der Waals surface area (Å²) >= 11 is 0. The summed E-state index contributed by atoms with van der Waals surface area (Å²) in [7, 11) is 0.756. The number of ether oxygens (including phenoxy) is 2. The molecule has 0 saturated heterocycles. The van der Waals surface area contributed by atoms with Crippen LogP contribution in [0.2, 0.25) is 6.04 Å². The minimum absolute atomic E-state index is 0.0202.